The Hall–Kier alpha value is -3.75. The van der Waals surface area contributed by atoms with Gasteiger partial charge in [-0.15, -0.1) is 0 Å². The highest BCUT2D eigenvalue weighted by Gasteiger charge is 2.40. The first-order valence-electron chi connectivity index (χ1n) is 17.5. The number of hydrogen-bond donors (Lipinski definition) is 2. The number of hydrogen-bond acceptors (Lipinski definition) is 9. The number of benzene rings is 2. The lowest BCUT2D eigenvalue weighted by Crippen LogP contribution is -2.45. The number of rotatable bonds is 18. The zero-order valence-corrected chi connectivity index (χ0v) is 30.2. The number of ether oxygens (including phenoxy) is 3. The lowest BCUT2D eigenvalue weighted by Gasteiger charge is -2.40. The first-order chi connectivity index (χ1) is 24.3. The van der Waals surface area contributed by atoms with Gasteiger partial charge in [-0.05, 0) is 75.8 Å². The first kappa shape index (κ1) is 37.5. The average molecular weight is 700 g/mol. The third-order valence-corrected chi connectivity index (χ3v) is 9.65. The quantitative estimate of drug-likeness (QED) is 0.152. The fraction of sp³-hybridized carbons (Fsp3) is 0.450. The van der Waals surface area contributed by atoms with E-state index in [2.05, 4.69) is 89.7 Å². The smallest absolute Gasteiger partial charge is 0.141 e. The number of pyridine rings is 1. The molecule has 1 saturated heterocycles. The third kappa shape index (κ3) is 10.4. The number of aliphatic hydroxyl groups is 1. The van der Waals surface area contributed by atoms with Crippen LogP contribution in [0, 0.1) is 17.2 Å². The maximum absolute atomic E-state index is 9.96. The maximum Gasteiger partial charge on any atom is 0.141 e. The fourth-order valence-corrected chi connectivity index (χ4v) is 6.72. The van der Waals surface area contributed by atoms with E-state index in [0.29, 0.717) is 35.2 Å². The van der Waals surface area contributed by atoms with Gasteiger partial charge in [0.2, 0.25) is 0 Å². The lowest BCUT2D eigenvalue weighted by atomic mass is 9.77. The molecular formula is C40H50ClN5O4. The summed E-state index contributed by atoms with van der Waals surface area (Å²) in [4.78, 5) is 8.64. The molecule has 1 aromatic heterocycles. The summed E-state index contributed by atoms with van der Waals surface area (Å²) >= 11 is 6.92. The highest BCUT2D eigenvalue weighted by atomic mass is 35.5. The van der Waals surface area contributed by atoms with Crippen LogP contribution >= 0.6 is 11.6 Å². The number of β-amino-alcohol motifs (C(OH)–C–C–N with tert-alkyl or cyclic N) is 1. The van der Waals surface area contributed by atoms with Crippen LogP contribution in [0.4, 0.5) is 0 Å². The van der Waals surface area contributed by atoms with Gasteiger partial charge in [-0.1, -0.05) is 61.0 Å². The number of aliphatic hydroxyl groups excluding tert-OH is 1. The van der Waals surface area contributed by atoms with Gasteiger partial charge < -0.3 is 34.4 Å². The summed E-state index contributed by atoms with van der Waals surface area (Å²) in [5.74, 6) is 1.14. The summed E-state index contributed by atoms with van der Waals surface area (Å²) in [5, 5.41) is 23.3. The zero-order chi connectivity index (χ0) is 35.3. The molecule has 1 fully saturated rings. The second-order valence-corrected chi connectivity index (χ2v) is 13.9. The molecular weight excluding hydrogens is 650 g/mol. The molecule has 0 saturated carbocycles. The monoisotopic (exact) mass is 699 g/mol. The van der Waals surface area contributed by atoms with Crippen molar-refractivity contribution in [1.29, 1.82) is 5.26 Å². The SMILES string of the molecule is C[C@@H]1C(c2ccccc2)=CC=CC1(COc1cc(OCc2cncc(C#N)c2)c(CNCCCN(C)C)cc1Cl)OCCCN1CCC(O)C1. The van der Waals surface area contributed by atoms with E-state index >= 15 is 0 Å². The lowest BCUT2D eigenvalue weighted by molar-refractivity contribution is -0.0617. The maximum atomic E-state index is 9.96. The van der Waals surface area contributed by atoms with Gasteiger partial charge in [0.1, 0.15) is 36.4 Å². The van der Waals surface area contributed by atoms with Crippen molar-refractivity contribution in [2.75, 3.05) is 60.0 Å². The van der Waals surface area contributed by atoms with E-state index in [1.807, 2.05) is 18.2 Å². The molecule has 0 amide bonds. The minimum atomic E-state index is -0.745. The Kier molecular flexibility index (Phi) is 13.9. The third-order valence-electron chi connectivity index (χ3n) is 9.36. The van der Waals surface area contributed by atoms with E-state index in [1.54, 1.807) is 12.3 Å². The largest absolute Gasteiger partial charge is 0.489 e. The van der Waals surface area contributed by atoms with Crippen LogP contribution < -0.4 is 14.8 Å². The van der Waals surface area contributed by atoms with Crippen LogP contribution in [0.15, 0.2) is 79.2 Å². The Morgan fingerprint density at radius 2 is 1.96 bits per heavy atom. The Labute approximate surface area is 302 Å². The second kappa shape index (κ2) is 18.5. The number of halogens is 1. The molecule has 5 rings (SSSR count). The van der Waals surface area contributed by atoms with Crippen molar-refractivity contribution in [3.05, 3.63) is 106 Å². The highest BCUT2D eigenvalue weighted by Crippen LogP contribution is 2.41. The van der Waals surface area contributed by atoms with Crippen molar-refractivity contribution in [3.8, 4) is 17.6 Å². The molecule has 2 unspecified atom stereocenters. The van der Waals surface area contributed by atoms with Crippen molar-refractivity contribution in [3.63, 3.8) is 0 Å². The van der Waals surface area contributed by atoms with Crippen molar-refractivity contribution in [1.82, 2.24) is 20.1 Å². The number of aromatic nitrogens is 1. The highest BCUT2D eigenvalue weighted by molar-refractivity contribution is 6.32. The Balaban J connectivity index is 1.34. The summed E-state index contributed by atoms with van der Waals surface area (Å²) in [5.41, 5.74) is 3.77. The van der Waals surface area contributed by atoms with Gasteiger partial charge in [0, 0.05) is 68.3 Å². The minimum absolute atomic E-state index is 0.0106. The first-order valence-corrected chi connectivity index (χ1v) is 17.9. The summed E-state index contributed by atoms with van der Waals surface area (Å²) in [6.07, 6.45) is 12.0. The molecule has 2 heterocycles. The molecule has 0 bridgehead atoms. The van der Waals surface area contributed by atoms with Crippen LogP contribution in [-0.4, -0.2) is 91.6 Å². The zero-order valence-electron chi connectivity index (χ0n) is 29.5. The van der Waals surface area contributed by atoms with Gasteiger partial charge in [-0.3, -0.25) is 4.98 Å². The van der Waals surface area contributed by atoms with Gasteiger partial charge in [-0.25, -0.2) is 0 Å². The molecule has 266 valence electrons. The van der Waals surface area contributed by atoms with Crippen LogP contribution in [0.1, 0.15) is 48.4 Å². The van der Waals surface area contributed by atoms with E-state index in [4.69, 9.17) is 25.8 Å². The minimum Gasteiger partial charge on any atom is -0.489 e. The molecule has 1 aliphatic heterocycles. The van der Waals surface area contributed by atoms with E-state index < -0.39 is 5.60 Å². The summed E-state index contributed by atoms with van der Waals surface area (Å²) < 4.78 is 19.7. The standard InChI is InChI=1S/C40H50ClN5O4/c1-30-36(33-10-5-4-6-11-33)12-7-14-40(30,50-19-9-17-46-18-13-35(47)27-46)29-49-39-22-38(48-28-32-20-31(23-42)24-44-25-32)34(21-37(39)41)26-43-15-8-16-45(2)3/h4-7,10-12,14,20-22,24-25,30,35,43,47H,8-9,13,15-19,26-29H2,1-3H3/t30-,35?,40?/m1/s1. The summed E-state index contributed by atoms with van der Waals surface area (Å²) in [7, 11) is 4.14. The van der Waals surface area contributed by atoms with Crippen molar-refractivity contribution < 1.29 is 19.3 Å². The Morgan fingerprint density at radius 3 is 2.72 bits per heavy atom. The van der Waals surface area contributed by atoms with Gasteiger partial charge in [0.25, 0.3) is 0 Å². The predicted molar refractivity (Wildman–Crippen MR) is 198 cm³/mol. The Bertz CT molecular complexity index is 1640. The van der Waals surface area contributed by atoms with E-state index in [9.17, 15) is 10.4 Å². The topological polar surface area (TPSA) is 103 Å². The van der Waals surface area contributed by atoms with Crippen LogP contribution in [0.25, 0.3) is 5.57 Å². The Morgan fingerprint density at radius 1 is 1.12 bits per heavy atom. The van der Waals surface area contributed by atoms with Crippen molar-refractivity contribution in [2.45, 2.75) is 51.0 Å². The molecule has 0 spiro atoms. The normalized spacial score (nSPS) is 20.5. The fourth-order valence-electron chi connectivity index (χ4n) is 6.48. The number of allylic oxidation sites excluding steroid dienone is 2. The number of nitrogens with zero attached hydrogens (tertiary/aromatic N) is 4. The predicted octanol–water partition coefficient (Wildman–Crippen LogP) is 6.11. The second-order valence-electron chi connectivity index (χ2n) is 13.5. The van der Waals surface area contributed by atoms with E-state index in [-0.39, 0.29) is 25.2 Å². The van der Waals surface area contributed by atoms with Gasteiger partial charge >= 0.3 is 0 Å². The summed E-state index contributed by atoms with van der Waals surface area (Å²) in [6, 6.07) is 18.1. The van der Waals surface area contributed by atoms with Gasteiger partial charge in [-0.2, -0.15) is 5.26 Å². The van der Waals surface area contributed by atoms with E-state index in [0.717, 1.165) is 68.7 Å². The molecule has 10 heteroatoms. The number of nitrogens with one attached hydrogen (secondary N) is 1. The molecule has 1 aliphatic carbocycles. The number of nitriles is 1. The van der Waals surface area contributed by atoms with Crippen molar-refractivity contribution >= 4 is 17.2 Å². The number of likely N-dealkylation sites (tertiary alicyclic amines) is 1. The van der Waals surface area contributed by atoms with Crippen molar-refractivity contribution in [2.24, 2.45) is 5.92 Å². The molecule has 0 radical (unpaired) electrons. The van der Waals surface area contributed by atoms with Crippen LogP contribution in [-0.2, 0) is 17.9 Å². The average Bonchev–Trinajstić information content (AvgIpc) is 3.55. The molecule has 2 aromatic carbocycles. The van der Waals surface area contributed by atoms with Crippen LogP contribution in [0.5, 0.6) is 11.5 Å². The molecule has 3 aromatic rings. The summed E-state index contributed by atoms with van der Waals surface area (Å²) in [6.45, 7) is 8.13. The van der Waals surface area contributed by atoms with Gasteiger partial charge in [0.05, 0.1) is 16.7 Å². The molecule has 2 aliphatic rings. The molecule has 9 nitrogen and oxygen atoms in total. The van der Waals surface area contributed by atoms with Gasteiger partial charge in [0.15, 0.2) is 0 Å². The van der Waals surface area contributed by atoms with Crippen LogP contribution in [0.3, 0.4) is 0 Å². The van der Waals surface area contributed by atoms with E-state index in [1.165, 1.54) is 11.8 Å². The molecule has 3 atom stereocenters. The van der Waals surface area contributed by atoms with Crippen LogP contribution in [0.2, 0.25) is 5.02 Å². The molecule has 50 heavy (non-hydrogen) atoms. The molecule has 2 N–H and O–H groups in total.